The minimum Gasteiger partial charge on any atom is -0.444 e. The predicted octanol–water partition coefficient (Wildman–Crippen LogP) is 2.79. The second-order valence-corrected chi connectivity index (χ2v) is 9.76. The fraction of sp³-hybridized carbons (Fsp3) is 0.455. The molecule has 2 atom stereocenters. The van der Waals surface area contributed by atoms with Crippen LogP contribution in [0, 0.1) is 5.92 Å². The van der Waals surface area contributed by atoms with Gasteiger partial charge in [0, 0.05) is 31.8 Å². The van der Waals surface area contributed by atoms with Crippen molar-refractivity contribution in [3.05, 3.63) is 40.9 Å². The minimum atomic E-state index is -0.611. The number of nitrogens with one attached hydrogen (secondary N) is 2. The number of carbonyl (C=O) groups is 2. The van der Waals surface area contributed by atoms with Crippen molar-refractivity contribution in [2.45, 2.75) is 38.8 Å². The summed E-state index contributed by atoms with van der Waals surface area (Å²) in [6.07, 6.45) is 3.26. The van der Waals surface area contributed by atoms with Gasteiger partial charge < -0.3 is 31.1 Å². The van der Waals surface area contributed by atoms with Gasteiger partial charge in [0.25, 0.3) is 5.91 Å². The van der Waals surface area contributed by atoms with Gasteiger partial charge in [-0.05, 0) is 61.3 Å². The molecule has 0 radical (unpaired) electrons. The number of hydrogen-bond acceptors (Lipinski definition) is 8. The molecule has 1 aliphatic heterocycles. The number of carbonyl (C=O) groups excluding carboxylic acids is 2. The highest BCUT2D eigenvalue weighted by Gasteiger charge is 2.31. The average Bonchev–Trinajstić information content (AvgIpc) is 2.74. The Hall–Kier alpha value is -2.92. The number of aliphatic hydroxyl groups is 1. The Labute approximate surface area is 201 Å². The highest BCUT2D eigenvalue weighted by molar-refractivity contribution is 9.10. The van der Waals surface area contributed by atoms with Crippen LogP contribution < -0.4 is 21.3 Å². The summed E-state index contributed by atoms with van der Waals surface area (Å²) in [6.45, 7) is 6.39. The molecule has 1 saturated heterocycles. The van der Waals surface area contributed by atoms with Crippen molar-refractivity contribution < 1.29 is 19.4 Å². The number of aliphatic hydroxyl groups excluding tert-OH is 1. The number of aromatic nitrogens is 2. The Kier molecular flexibility index (Phi) is 7.75. The molecule has 0 spiro atoms. The van der Waals surface area contributed by atoms with Gasteiger partial charge in [0.2, 0.25) is 0 Å². The molecule has 1 aliphatic rings. The second-order valence-electron chi connectivity index (χ2n) is 8.95. The number of anilines is 3. The summed E-state index contributed by atoms with van der Waals surface area (Å²) in [4.78, 5) is 35.4. The maximum Gasteiger partial charge on any atom is 0.407 e. The predicted molar refractivity (Wildman–Crippen MR) is 129 cm³/mol. The number of alkyl carbamates (subject to hydrolysis) is 1. The molecular weight excluding hydrogens is 492 g/mol. The van der Waals surface area contributed by atoms with E-state index in [2.05, 4.69) is 36.5 Å². The average molecular weight is 521 g/mol. The molecule has 0 aromatic carbocycles. The van der Waals surface area contributed by atoms with Crippen LogP contribution in [0.4, 0.5) is 21.9 Å². The van der Waals surface area contributed by atoms with Crippen molar-refractivity contribution in [2.24, 2.45) is 5.92 Å². The van der Waals surface area contributed by atoms with Crippen LogP contribution in [0.5, 0.6) is 0 Å². The monoisotopic (exact) mass is 520 g/mol. The van der Waals surface area contributed by atoms with E-state index in [-0.39, 0.29) is 29.9 Å². The normalized spacial score (nSPS) is 18.5. The second kappa shape index (κ2) is 10.3. The number of halogens is 1. The van der Waals surface area contributed by atoms with Gasteiger partial charge >= 0.3 is 6.09 Å². The van der Waals surface area contributed by atoms with E-state index in [1.807, 2.05) is 4.90 Å². The number of rotatable bonds is 5. The summed E-state index contributed by atoms with van der Waals surface area (Å²) >= 11 is 3.25. The molecule has 2 aromatic heterocycles. The Balaban J connectivity index is 1.80. The number of amides is 2. The van der Waals surface area contributed by atoms with Crippen molar-refractivity contribution in [1.29, 1.82) is 0 Å². The van der Waals surface area contributed by atoms with Gasteiger partial charge in [-0.2, -0.15) is 0 Å². The lowest BCUT2D eigenvalue weighted by atomic mass is 9.94. The number of pyridine rings is 2. The SMILES string of the molecule is CC(C)(C)OC(=O)N[C@H]1C[C@@H](CO)CN(c2ccncc2NC(=O)c2nc(Br)ccc2N)C1. The number of piperidine rings is 1. The van der Waals surface area contributed by atoms with E-state index in [0.717, 1.165) is 0 Å². The first-order chi connectivity index (χ1) is 15.6. The maximum absolute atomic E-state index is 12.9. The lowest BCUT2D eigenvalue weighted by molar-refractivity contribution is 0.0487. The van der Waals surface area contributed by atoms with Crippen molar-refractivity contribution >= 4 is 45.0 Å². The standard InChI is InChI=1S/C22H29BrN6O4/c1-22(2,3)33-21(32)26-14-8-13(12-30)10-29(11-14)17-6-7-25-9-16(17)27-20(31)19-15(24)4-5-18(23)28-19/h4-7,9,13-14,30H,8,10-12,24H2,1-3H3,(H,26,32)(H,27,31)/t13-,14+/m1/s1. The van der Waals surface area contributed by atoms with Crippen LogP contribution in [-0.4, -0.2) is 58.4 Å². The van der Waals surface area contributed by atoms with E-state index in [9.17, 15) is 14.7 Å². The van der Waals surface area contributed by atoms with Crippen LogP contribution in [0.15, 0.2) is 35.2 Å². The molecular formula is C22H29BrN6O4. The molecule has 33 heavy (non-hydrogen) atoms. The largest absolute Gasteiger partial charge is 0.444 e. The van der Waals surface area contributed by atoms with E-state index in [0.29, 0.717) is 35.5 Å². The van der Waals surface area contributed by atoms with E-state index < -0.39 is 17.6 Å². The molecule has 5 N–H and O–H groups in total. The van der Waals surface area contributed by atoms with E-state index in [4.69, 9.17) is 10.5 Å². The fourth-order valence-corrected chi connectivity index (χ4v) is 3.99. The molecule has 2 amide bonds. The smallest absolute Gasteiger partial charge is 0.407 e. The molecule has 178 valence electrons. The quantitative estimate of drug-likeness (QED) is 0.440. The first kappa shape index (κ1) is 24.7. The number of ether oxygens (including phenoxy) is 1. The molecule has 0 saturated carbocycles. The number of hydrogen-bond donors (Lipinski definition) is 4. The van der Waals surface area contributed by atoms with Gasteiger partial charge in [0.1, 0.15) is 10.2 Å². The third-order valence-corrected chi connectivity index (χ3v) is 5.45. The van der Waals surface area contributed by atoms with Gasteiger partial charge in [-0.25, -0.2) is 9.78 Å². The first-order valence-electron chi connectivity index (χ1n) is 10.6. The van der Waals surface area contributed by atoms with Crippen LogP contribution >= 0.6 is 15.9 Å². The summed E-state index contributed by atoms with van der Waals surface area (Å²) < 4.78 is 5.87. The van der Waals surface area contributed by atoms with Crippen LogP contribution in [0.3, 0.4) is 0 Å². The Morgan fingerprint density at radius 2 is 2.06 bits per heavy atom. The topological polar surface area (TPSA) is 143 Å². The maximum atomic E-state index is 12.9. The van der Waals surface area contributed by atoms with Crippen molar-refractivity contribution in [1.82, 2.24) is 15.3 Å². The van der Waals surface area contributed by atoms with Crippen LogP contribution in [0.2, 0.25) is 0 Å². The lowest BCUT2D eigenvalue weighted by Crippen LogP contribution is -2.52. The fourth-order valence-electron chi connectivity index (χ4n) is 3.68. The summed E-state index contributed by atoms with van der Waals surface area (Å²) in [6, 6.07) is 4.78. The highest BCUT2D eigenvalue weighted by Crippen LogP contribution is 2.30. The molecule has 3 heterocycles. The van der Waals surface area contributed by atoms with Gasteiger partial charge in [-0.3, -0.25) is 9.78 Å². The van der Waals surface area contributed by atoms with E-state index in [1.54, 1.807) is 51.4 Å². The number of nitrogens with zero attached hydrogens (tertiary/aromatic N) is 3. The molecule has 0 aliphatic carbocycles. The summed E-state index contributed by atoms with van der Waals surface area (Å²) in [5, 5.41) is 15.6. The Bertz CT molecular complexity index is 1010. The van der Waals surface area contributed by atoms with Gasteiger partial charge in [-0.15, -0.1) is 0 Å². The van der Waals surface area contributed by atoms with Crippen LogP contribution in [-0.2, 0) is 4.74 Å². The van der Waals surface area contributed by atoms with Crippen molar-refractivity contribution in [2.75, 3.05) is 35.6 Å². The molecule has 1 fully saturated rings. The first-order valence-corrected chi connectivity index (χ1v) is 11.4. The molecule has 0 unspecified atom stereocenters. The third-order valence-electron chi connectivity index (χ3n) is 5.01. The zero-order valence-electron chi connectivity index (χ0n) is 18.8. The molecule has 11 heteroatoms. The Morgan fingerprint density at radius 3 is 2.76 bits per heavy atom. The third kappa shape index (κ3) is 6.78. The minimum absolute atomic E-state index is 0.0335. The van der Waals surface area contributed by atoms with Crippen LogP contribution in [0.1, 0.15) is 37.7 Å². The van der Waals surface area contributed by atoms with E-state index in [1.165, 1.54) is 0 Å². The Morgan fingerprint density at radius 1 is 1.30 bits per heavy atom. The number of nitrogens with two attached hydrogens (primary N) is 1. The van der Waals surface area contributed by atoms with Gasteiger partial charge in [0.15, 0.2) is 5.69 Å². The van der Waals surface area contributed by atoms with Crippen molar-refractivity contribution in [3.63, 3.8) is 0 Å². The molecule has 2 aromatic rings. The molecule has 10 nitrogen and oxygen atoms in total. The number of nitrogen functional groups attached to an aromatic ring is 1. The van der Waals surface area contributed by atoms with Gasteiger partial charge in [0.05, 0.1) is 29.3 Å². The highest BCUT2D eigenvalue weighted by atomic mass is 79.9. The van der Waals surface area contributed by atoms with E-state index >= 15 is 0 Å². The molecule has 0 bridgehead atoms. The van der Waals surface area contributed by atoms with Crippen molar-refractivity contribution in [3.8, 4) is 0 Å². The van der Waals surface area contributed by atoms with Crippen LogP contribution in [0.25, 0.3) is 0 Å². The summed E-state index contributed by atoms with van der Waals surface area (Å²) in [5.74, 6) is -0.542. The summed E-state index contributed by atoms with van der Waals surface area (Å²) in [5.41, 5.74) is 6.83. The zero-order chi connectivity index (χ0) is 24.2. The van der Waals surface area contributed by atoms with Gasteiger partial charge in [-0.1, -0.05) is 0 Å². The molecule has 3 rings (SSSR count). The lowest BCUT2D eigenvalue weighted by Gasteiger charge is -2.39. The zero-order valence-corrected chi connectivity index (χ0v) is 20.4. The summed E-state index contributed by atoms with van der Waals surface area (Å²) in [7, 11) is 0.